The van der Waals surface area contributed by atoms with Crippen LogP contribution in [0, 0.1) is 0 Å². The second-order valence-electron chi connectivity index (χ2n) is 7.70. The van der Waals surface area contributed by atoms with Gasteiger partial charge in [-0.15, -0.1) is 0 Å². The molecule has 0 heterocycles. The molecule has 0 fully saturated rings. The van der Waals surface area contributed by atoms with Crippen LogP contribution in [0.4, 0.5) is 0 Å². The van der Waals surface area contributed by atoms with Gasteiger partial charge in [-0.3, -0.25) is 4.79 Å². The first kappa shape index (κ1) is 24.4. The van der Waals surface area contributed by atoms with Crippen LogP contribution in [0.5, 0.6) is 5.75 Å². The number of carbonyl (C=O) groups excluding carboxylic acids is 1. The summed E-state index contributed by atoms with van der Waals surface area (Å²) in [5.41, 5.74) is 2.42. The minimum Gasteiger partial charge on any atom is -0.494 e. The van der Waals surface area contributed by atoms with E-state index in [1.54, 1.807) is 12.1 Å². The Bertz CT molecular complexity index is 780. The molecule has 0 amide bonds. The number of esters is 1. The Balaban J connectivity index is 1.71. The molecule has 0 aromatic heterocycles. The van der Waals surface area contributed by atoms with E-state index in [2.05, 4.69) is 6.92 Å². The highest BCUT2D eigenvalue weighted by molar-refractivity contribution is 5.90. The van der Waals surface area contributed by atoms with Crippen LogP contribution in [0.2, 0.25) is 0 Å². The summed E-state index contributed by atoms with van der Waals surface area (Å²) < 4.78 is 10.8. The van der Waals surface area contributed by atoms with Crippen molar-refractivity contribution in [3.63, 3.8) is 0 Å². The molecule has 0 bridgehead atoms. The number of rotatable bonds is 15. The fraction of sp³-hybridized carbons (Fsp3) is 0.462. The van der Waals surface area contributed by atoms with Crippen molar-refractivity contribution in [1.29, 1.82) is 0 Å². The van der Waals surface area contributed by atoms with Crippen molar-refractivity contribution < 1.29 is 24.2 Å². The molecule has 2 rings (SSSR count). The summed E-state index contributed by atoms with van der Waals surface area (Å²) in [6, 6.07) is 15.0. The SMILES string of the molecule is CCCCCCCCCCOc1ccc(-c2ccc(C(=O)OCCC(=O)O)cc2)cc1. The fourth-order valence-corrected chi connectivity index (χ4v) is 3.28. The summed E-state index contributed by atoms with van der Waals surface area (Å²) in [5, 5.41) is 8.59. The normalized spacial score (nSPS) is 10.6. The van der Waals surface area contributed by atoms with Gasteiger partial charge in [0.2, 0.25) is 0 Å². The number of benzene rings is 2. The van der Waals surface area contributed by atoms with Crippen LogP contribution in [0.3, 0.4) is 0 Å². The van der Waals surface area contributed by atoms with E-state index < -0.39 is 11.9 Å². The van der Waals surface area contributed by atoms with E-state index in [0.717, 1.165) is 29.9 Å². The fourth-order valence-electron chi connectivity index (χ4n) is 3.28. The Morgan fingerprint density at radius 2 is 1.29 bits per heavy atom. The highest BCUT2D eigenvalue weighted by Gasteiger charge is 2.08. The minimum atomic E-state index is -0.992. The topological polar surface area (TPSA) is 72.8 Å². The summed E-state index contributed by atoms with van der Waals surface area (Å²) in [6.07, 6.45) is 10.1. The van der Waals surface area contributed by atoms with Gasteiger partial charge in [-0.25, -0.2) is 4.79 Å². The van der Waals surface area contributed by atoms with Crippen LogP contribution in [-0.4, -0.2) is 30.3 Å². The molecule has 1 N–H and O–H groups in total. The van der Waals surface area contributed by atoms with Gasteiger partial charge in [0.15, 0.2) is 0 Å². The lowest BCUT2D eigenvalue weighted by Gasteiger charge is -2.08. The lowest BCUT2D eigenvalue weighted by atomic mass is 10.0. The summed E-state index contributed by atoms with van der Waals surface area (Å²) in [4.78, 5) is 22.4. The summed E-state index contributed by atoms with van der Waals surface area (Å²) in [6.45, 7) is 2.86. The molecule has 0 unspecified atom stereocenters. The molecule has 5 nitrogen and oxygen atoms in total. The number of aliphatic carboxylic acids is 1. The van der Waals surface area contributed by atoms with E-state index in [4.69, 9.17) is 14.6 Å². The molecular formula is C26H34O5. The number of hydrogen-bond donors (Lipinski definition) is 1. The van der Waals surface area contributed by atoms with Crippen molar-refractivity contribution in [2.45, 2.75) is 64.7 Å². The molecule has 0 atom stereocenters. The number of ether oxygens (including phenoxy) is 2. The van der Waals surface area contributed by atoms with Crippen molar-refractivity contribution >= 4 is 11.9 Å². The molecule has 0 spiro atoms. The van der Waals surface area contributed by atoms with Crippen molar-refractivity contribution in [1.82, 2.24) is 0 Å². The summed E-state index contributed by atoms with van der Waals surface area (Å²) >= 11 is 0. The average molecular weight is 427 g/mol. The quantitative estimate of drug-likeness (QED) is 0.260. The second kappa shape index (κ2) is 14.2. The van der Waals surface area contributed by atoms with Gasteiger partial charge in [0.25, 0.3) is 0 Å². The first-order valence-electron chi connectivity index (χ1n) is 11.3. The molecule has 2 aromatic rings. The summed E-state index contributed by atoms with van der Waals surface area (Å²) in [5.74, 6) is -0.642. The Morgan fingerprint density at radius 1 is 0.742 bits per heavy atom. The largest absolute Gasteiger partial charge is 0.494 e. The maximum Gasteiger partial charge on any atom is 0.338 e. The zero-order valence-corrected chi connectivity index (χ0v) is 18.5. The number of carbonyl (C=O) groups is 2. The van der Waals surface area contributed by atoms with Crippen molar-refractivity contribution in [2.24, 2.45) is 0 Å². The second-order valence-corrected chi connectivity index (χ2v) is 7.70. The predicted octanol–water partition coefficient (Wildman–Crippen LogP) is 6.50. The highest BCUT2D eigenvalue weighted by atomic mass is 16.5. The van der Waals surface area contributed by atoms with Gasteiger partial charge in [-0.1, -0.05) is 76.1 Å². The van der Waals surface area contributed by atoms with Gasteiger partial charge in [0.05, 0.1) is 18.6 Å². The lowest BCUT2D eigenvalue weighted by molar-refractivity contribution is -0.137. The highest BCUT2D eigenvalue weighted by Crippen LogP contribution is 2.23. The number of hydrogen-bond acceptors (Lipinski definition) is 4. The van der Waals surface area contributed by atoms with E-state index in [9.17, 15) is 9.59 Å². The van der Waals surface area contributed by atoms with E-state index in [-0.39, 0.29) is 13.0 Å². The number of carboxylic acids is 1. The van der Waals surface area contributed by atoms with Crippen LogP contribution in [0.15, 0.2) is 48.5 Å². The van der Waals surface area contributed by atoms with Gasteiger partial charge in [-0.2, -0.15) is 0 Å². The van der Waals surface area contributed by atoms with Crippen LogP contribution < -0.4 is 4.74 Å². The maximum absolute atomic E-state index is 11.9. The Morgan fingerprint density at radius 3 is 1.87 bits per heavy atom. The third-order valence-corrected chi connectivity index (χ3v) is 5.12. The Kier molecular flexibility index (Phi) is 11.2. The first-order valence-corrected chi connectivity index (χ1v) is 11.3. The van der Waals surface area contributed by atoms with Crippen LogP contribution in [0.1, 0.15) is 75.1 Å². The molecule has 5 heteroatoms. The minimum absolute atomic E-state index is 0.129. The van der Waals surface area contributed by atoms with E-state index in [0.29, 0.717) is 5.56 Å². The van der Waals surface area contributed by atoms with Crippen LogP contribution >= 0.6 is 0 Å². The monoisotopic (exact) mass is 426 g/mol. The predicted molar refractivity (Wildman–Crippen MR) is 123 cm³/mol. The molecule has 2 aromatic carbocycles. The molecule has 31 heavy (non-hydrogen) atoms. The standard InChI is InChI=1S/C26H34O5/c1-2-3-4-5-6-7-8-9-19-30-24-16-14-22(15-17-24)21-10-12-23(13-11-21)26(29)31-20-18-25(27)28/h10-17H,2-9,18-20H2,1H3,(H,27,28). The van der Waals surface area contributed by atoms with Gasteiger partial charge in [0, 0.05) is 0 Å². The third-order valence-electron chi connectivity index (χ3n) is 5.12. The molecule has 0 aliphatic rings. The van der Waals surface area contributed by atoms with E-state index in [1.807, 2.05) is 36.4 Å². The Hall–Kier alpha value is -2.82. The van der Waals surface area contributed by atoms with Crippen molar-refractivity contribution in [3.8, 4) is 16.9 Å². The van der Waals surface area contributed by atoms with Gasteiger partial charge >= 0.3 is 11.9 Å². The maximum atomic E-state index is 11.9. The zero-order chi connectivity index (χ0) is 22.3. The third kappa shape index (κ3) is 9.69. The van der Waals surface area contributed by atoms with E-state index in [1.165, 1.54) is 44.9 Å². The molecule has 0 radical (unpaired) electrons. The first-order chi connectivity index (χ1) is 15.1. The van der Waals surface area contributed by atoms with E-state index >= 15 is 0 Å². The molecule has 168 valence electrons. The summed E-state index contributed by atoms with van der Waals surface area (Å²) in [7, 11) is 0. The van der Waals surface area contributed by atoms with Gasteiger partial charge in [0.1, 0.15) is 12.4 Å². The van der Waals surface area contributed by atoms with Gasteiger partial charge < -0.3 is 14.6 Å². The van der Waals surface area contributed by atoms with Crippen molar-refractivity contribution in [2.75, 3.05) is 13.2 Å². The molecule has 0 aliphatic heterocycles. The molecule has 0 saturated heterocycles. The molecule has 0 aliphatic carbocycles. The lowest BCUT2D eigenvalue weighted by Crippen LogP contribution is -2.09. The molecular weight excluding hydrogens is 392 g/mol. The average Bonchev–Trinajstić information content (AvgIpc) is 2.78. The number of unbranched alkanes of at least 4 members (excludes halogenated alkanes) is 7. The zero-order valence-electron chi connectivity index (χ0n) is 18.5. The Labute approximate surface area is 185 Å². The smallest absolute Gasteiger partial charge is 0.338 e. The van der Waals surface area contributed by atoms with Crippen LogP contribution in [0.25, 0.3) is 11.1 Å². The number of carboxylic acid groups (broad SMARTS) is 1. The van der Waals surface area contributed by atoms with Gasteiger partial charge in [-0.05, 0) is 41.8 Å². The molecule has 0 saturated carbocycles. The van der Waals surface area contributed by atoms with Crippen LogP contribution in [-0.2, 0) is 9.53 Å². The van der Waals surface area contributed by atoms with Crippen molar-refractivity contribution in [3.05, 3.63) is 54.1 Å².